The predicted molar refractivity (Wildman–Crippen MR) is 73.7 cm³/mol. The van der Waals surface area contributed by atoms with Gasteiger partial charge in [-0.15, -0.1) is 0 Å². The van der Waals surface area contributed by atoms with Gasteiger partial charge in [-0.2, -0.15) is 0 Å². The van der Waals surface area contributed by atoms with E-state index in [4.69, 9.17) is 0 Å². The zero-order valence-electron chi connectivity index (χ0n) is 12.0. The standard InChI is InChI=1S/C16H23NO3/c1-10-5-11-6-14(19)13-7-12(18)9-17-4-2-3-15(11,13)16(17,20)8-10/h2-3,10-13,18,20H,4-9H2,1H3/t10-,11+,12-,13-,15+,16+/m1/s1. The van der Waals surface area contributed by atoms with Crippen LogP contribution in [0, 0.1) is 23.2 Å². The number of hydrogen-bond acceptors (Lipinski definition) is 4. The van der Waals surface area contributed by atoms with E-state index in [9.17, 15) is 15.0 Å². The van der Waals surface area contributed by atoms with Crippen molar-refractivity contribution in [2.24, 2.45) is 23.2 Å². The number of carbonyl (C=O) groups is 1. The van der Waals surface area contributed by atoms with Gasteiger partial charge < -0.3 is 10.2 Å². The summed E-state index contributed by atoms with van der Waals surface area (Å²) >= 11 is 0. The maximum atomic E-state index is 12.5. The summed E-state index contributed by atoms with van der Waals surface area (Å²) in [6, 6.07) is 0. The number of nitrogens with zero attached hydrogens (tertiary/aromatic N) is 1. The lowest BCUT2D eigenvalue weighted by Gasteiger charge is -2.59. The van der Waals surface area contributed by atoms with E-state index in [0.29, 0.717) is 38.3 Å². The second-order valence-corrected chi connectivity index (χ2v) is 7.41. The third kappa shape index (κ3) is 1.35. The molecule has 2 bridgehead atoms. The fraction of sp³-hybridized carbons (Fsp3) is 0.812. The minimum Gasteiger partial charge on any atom is -0.392 e. The van der Waals surface area contributed by atoms with Crippen LogP contribution in [0.25, 0.3) is 0 Å². The van der Waals surface area contributed by atoms with Gasteiger partial charge in [0.1, 0.15) is 11.5 Å². The van der Waals surface area contributed by atoms with Crippen LogP contribution in [0.5, 0.6) is 0 Å². The highest BCUT2D eigenvalue weighted by Gasteiger charge is 2.69. The Labute approximate surface area is 119 Å². The maximum absolute atomic E-state index is 12.5. The highest BCUT2D eigenvalue weighted by molar-refractivity contribution is 5.86. The first-order chi connectivity index (χ1) is 9.47. The van der Waals surface area contributed by atoms with Crippen molar-refractivity contribution in [3.05, 3.63) is 12.2 Å². The van der Waals surface area contributed by atoms with Crippen molar-refractivity contribution in [2.75, 3.05) is 13.1 Å². The van der Waals surface area contributed by atoms with Gasteiger partial charge in [0.15, 0.2) is 0 Å². The SMILES string of the molecule is C[C@@H]1C[C@H]2CC(=O)[C@H]3C[C@@H](O)CN4CC=C[C@]23[C@@]4(O)C1. The predicted octanol–water partition coefficient (Wildman–Crippen LogP) is 0.933. The fourth-order valence-corrected chi connectivity index (χ4v) is 5.69. The molecule has 1 saturated heterocycles. The monoisotopic (exact) mass is 277 g/mol. The van der Waals surface area contributed by atoms with Crippen LogP contribution < -0.4 is 0 Å². The highest BCUT2D eigenvalue weighted by atomic mass is 16.3. The number of aliphatic hydroxyl groups excluding tert-OH is 1. The van der Waals surface area contributed by atoms with Crippen LogP contribution in [0.1, 0.15) is 32.6 Å². The summed E-state index contributed by atoms with van der Waals surface area (Å²) in [4.78, 5) is 14.5. The summed E-state index contributed by atoms with van der Waals surface area (Å²) in [5.74, 6) is 0.698. The smallest absolute Gasteiger partial charge is 0.137 e. The lowest BCUT2D eigenvalue weighted by Crippen LogP contribution is -2.66. The fourth-order valence-electron chi connectivity index (χ4n) is 5.69. The zero-order valence-corrected chi connectivity index (χ0v) is 12.0. The Bertz CT molecular complexity index is 490. The number of ketones is 1. The lowest BCUT2D eigenvalue weighted by molar-refractivity contribution is -0.228. The lowest BCUT2D eigenvalue weighted by atomic mass is 9.55. The molecule has 3 fully saturated rings. The number of Topliss-reactive ketones (excluding diaryl/α,β-unsaturated/α-hetero) is 1. The van der Waals surface area contributed by atoms with Crippen molar-refractivity contribution in [1.82, 2.24) is 4.90 Å². The van der Waals surface area contributed by atoms with Crippen LogP contribution in [0.3, 0.4) is 0 Å². The second kappa shape index (κ2) is 3.93. The first kappa shape index (κ1) is 13.0. The minimum absolute atomic E-state index is 0.207. The number of carbonyl (C=O) groups excluding carboxylic acids is 1. The molecule has 2 N–H and O–H groups in total. The summed E-state index contributed by atoms with van der Waals surface area (Å²) in [7, 11) is 0. The summed E-state index contributed by atoms with van der Waals surface area (Å²) in [5, 5.41) is 21.8. The molecule has 0 aromatic carbocycles. The van der Waals surface area contributed by atoms with Gasteiger partial charge in [-0.3, -0.25) is 9.69 Å². The quantitative estimate of drug-likeness (QED) is 0.647. The molecule has 0 aromatic heterocycles. The average molecular weight is 277 g/mol. The molecule has 110 valence electrons. The van der Waals surface area contributed by atoms with Crippen molar-refractivity contribution in [1.29, 1.82) is 0 Å². The van der Waals surface area contributed by atoms with Gasteiger partial charge in [0, 0.05) is 30.8 Å². The highest BCUT2D eigenvalue weighted by Crippen LogP contribution is 2.64. The van der Waals surface area contributed by atoms with E-state index >= 15 is 0 Å². The molecule has 2 saturated carbocycles. The Morgan fingerprint density at radius 2 is 2.20 bits per heavy atom. The summed E-state index contributed by atoms with van der Waals surface area (Å²) in [6.07, 6.45) is 6.52. The Morgan fingerprint density at radius 3 is 3.00 bits per heavy atom. The number of hydrogen-bond donors (Lipinski definition) is 2. The van der Waals surface area contributed by atoms with Crippen LogP contribution in [-0.2, 0) is 4.79 Å². The van der Waals surface area contributed by atoms with Crippen molar-refractivity contribution in [2.45, 2.75) is 44.4 Å². The van der Waals surface area contributed by atoms with Crippen LogP contribution in [0.2, 0.25) is 0 Å². The van der Waals surface area contributed by atoms with Crippen LogP contribution in [0.4, 0.5) is 0 Å². The molecular formula is C16H23NO3. The molecular weight excluding hydrogens is 254 g/mol. The average Bonchev–Trinajstić information content (AvgIpc) is 2.60. The van der Waals surface area contributed by atoms with E-state index in [1.165, 1.54) is 0 Å². The molecule has 0 aromatic rings. The third-order valence-corrected chi connectivity index (χ3v) is 6.28. The molecule has 2 aliphatic carbocycles. The molecule has 7 atom stereocenters. The molecule has 4 nitrogen and oxygen atoms in total. The molecule has 1 spiro atoms. The molecule has 4 rings (SSSR count). The minimum atomic E-state index is -0.946. The van der Waals surface area contributed by atoms with Gasteiger partial charge in [0.25, 0.3) is 0 Å². The van der Waals surface area contributed by atoms with E-state index in [0.717, 1.165) is 6.42 Å². The molecule has 20 heavy (non-hydrogen) atoms. The normalized spacial score (nSPS) is 57.4. The topological polar surface area (TPSA) is 60.8 Å². The summed E-state index contributed by atoms with van der Waals surface area (Å²) in [5.41, 5.74) is -1.40. The van der Waals surface area contributed by atoms with Crippen LogP contribution in [-0.4, -0.2) is 45.8 Å². The number of aliphatic hydroxyl groups is 2. The Kier molecular flexibility index (Phi) is 2.55. The molecule has 4 heteroatoms. The maximum Gasteiger partial charge on any atom is 0.137 e. The van der Waals surface area contributed by atoms with Crippen molar-refractivity contribution < 1.29 is 15.0 Å². The van der Waals surface area contributed by atoms with E-state index in [1.807, 2.05) is 4.90 Å². The van der Waals surface area contributed by atoms with Gasteiger partial charge in [-0.25, -0.2) is 0 Å². The summed E-state index contributed by atoms with van der Waals surface area (Å²) in [6.45, 7) is 3.33. The van der Waals surface area contributed by atoms with E-state index in [-0.39, 0.29) is 17.6 Å². The summed E-state index contributed by atoms with van der Waals surface area (Å²) < 4.78 is 0. The number of rotatable bonds is 0. The van der Waals surface area contributed by atoms with Gasteiger partial charge in [-0.1, -0.05) is 19.1 Å². The first-order valence-corrected chi connectivity index (χ1v) is 7.83. The van der Waals surface area contributed by atoms with Crippen LogP contribution >= 0.6 is 0 Å². The molecule has 2 heterocycles. The molecule has 4 aliphatic rings. The van der Waals surface area contributed by atoms with E-state index < -0.39 is 17.2 Å². The van der Waals surface area contributed by atoms with Gasteiger partial charge >= 0.3 is 0 Å². The van der Waals surface area contributed by atoms with Gasteiger partial charge in [0.2, 0.25) is 0 Å². The van der Waals surface area contributed by atoms with Crippen molar-refractivity contribution in [3.63, 3.8) is 0 Å². The largest absolute Gasteiger partial charge is 0.392 e. The van der Waals surface area contributed by atoms with E-state index in [1.54, 1.807) is 0 Å². The molecule has 0 amide bonds. The third-order valence-electron chi connectivity index (χ3n) is 6.28. The molecule has 0 radical (unpaired) electrons. The Hall–Kier alpha value is -0.710. The van der Waals surface area contributed by atoms with Crippen molar-refractivity contribution >= 4 is 5.78 Å². The second-order valence-electron chi connectivity index (χ2n) is 7.41. The molecule has 2 aliphatic heterocycles. The first-order valence-electron chi connectivity index (χ1n) is 7.83. The van der Waals surface area contributed by atoms with Crippen molar-refractivity contribution in [3.8, 4) is 0 Å². The van der Waals surface area contributed by atoms with Crippen LogP contribution in [0.15, 0.2) is 12.2 Å². The zero-order chi connectivity index (χ0) is 14.1. The Balaban J connectivity index is 1.94. The Morgan fingerprint density at radius 1 is 1.40 bits per heavy atom. The van der Waals surface area contributed by atoms with E-state index in [2.05, 4.69) is 19.1 Å². The van der Waals surface area contributed by atoms with Gasteiger partial charge in [0.05, 0.1) is 6.10 Å². The molecule has 1 unspecified atom stereocenters. The van der Waals surface area contributed by atoms with Gasteiger partial charge in [-0.05, 0) is 31.1 Å².